The van der Waals surface area contributed by atoms with Crippen LogP contribution in [0.25, 0.3) is 0 Å². The molecule has 0 spiro atoms. The summed E-state index contributed by atoms with van der Waals surface area (Å²) >= 11 is 0. The lowest BCUT2D eigenvalue weighted by atomic mass is 10.4. The molecule has 0 aliphatic rings. The number of nitrogens with zero attached hydrogens (tertiary/aromatic N) is 2. The summed E-state index contributed by atoms with van der Waals surface area (Å²) in [6.45, 7) is 1.13. The molecule has 1 aromatic rings. The fourth-order valence-corrected chi connectivity index (χ4v) is 1.47. The second kappa shape index (κ2) is 7.25. The van der Waals surface area contributed by atoms with E-state index < -0.39 is 17.4 Å². The van der Waals surface area contributed by atoms with E-state index in [4.69, 9.17) is 9.47 Å². The van der Waals surface area contributed by atoms with Gasteiger partial charge in [-0.1, -0.05) is 0 Å². The highest BCUT2D eigenvalue weighted by Gasteiger charge is 2.33. The Morgan fingerprint density at radius 2 is 1.80 bits per heavy atom. The smallest absolute Gasteiger partial charge is 0.383 e. The third kappa shape index (κ3) is 4.82. The molecule has 20 heavy (non-hydrogen) atoms. The van der Waals surface area contributed by atoms with E-state index in [1.807, 2.05) is 0 Å². The molecular weight excluding hydrogens is 279 g/mol. The average Bonchev–Trinajstić information content (AvgIpc) is 2.37. The molecule has 114 valence electrons. The van der Waals surface area contributed by atoms with Gasteiger partial charge in [0.05, 0.1) is 13.2 Å². The summed E-state index contributed by atoms with van der Waals surface area (Å²) in [5.74, 6) is -0.154. The highest BCUT2D eigenvalue weighted by Crippen LogP contribution is 2.27. The molecule has 1 aromatic heterocycles. The molecule has 1 heterocycles. The van der Waals surface area contributed by atoms with Gasteiger partial charge >= 0.3 is 6.18 Å². The SMILES string of the molecule is COCCN(CCOC)c1nc(C(F)(F)F)cc(=O)[nH]1. The number of hydrogen-bond donors (Lipinski definition) is 1. The van der Waals surface area contributed by atoms with Gasteiger partial charge in [-0.05, 0) is 0 Å². The fraction of sp³-hybridized carbons (Fsp3) is 0.636. The van der Waals surface area contributed by atoms with Gasteiger partial charge in [-0.25, -0.2) is 4.98 Å². The lowest BCUT2D eigenvalue weighted by Crippen LogP contribution is -2.34. The van der Waals surface area contributed by atoms with Gasteiger partial charge in [0.25, 0.3) is 5.56 Å². The minimum Gasteiger partial charge on any atom is -0.383 e. The summed E-state index contributed by atoms with van der Waals surface area (Å²) in [5, 5.41) is 0. The van der Waals surface area contributed by atoms with Gasteiger partial charge in [-0.2, -0.15) is 13.2 Å². The van der Waals surface area contributed by atoms with Crippen LogP contribution in [0.1, 0.15) is 5.69 Å². The normalized spacial score (nSPS) is 11.7. The maximum absolute atomic E-state index is 12.6. The molecule has 9 heteroatoms. The van der Waals surface area contributed by atoms with E-state index in [1.54, 1.807) is 0 Å². The summed E-state index contributed by atoms with van der Waals surface area (Å²) < 4.78 is 47.7. The van der Waals surface area contributed by atoms with Crippen LogP contribution in [0.2, 0.25) is 0 Å². The molecule has 0 atom stereocenters. The van der Waals surface area contributed by atoms with Gasteiger partial charge < -0.3 is 14.4 Å². The third-order valence-electron chi connectivity index (χ3n) is 2.45. The molecule has 0 radical (unpaired) electrons. The number of hydrogen-bond acceptors (Lipinski definition) is 5. The Morgan fingerprint density at radius 3 is 2.25 bits per heavy atom. The summed E-state index contributed by atoms with van der Waals surface area (Å²) in [6, 6.07) is 0.425. The zero-order valence-corrected chi connectivity index (χ0v) is 11.2. The topological polar surface area (TPSA) is 67.5 Å². The van der Waals surface area contributed by atoms with Crippen LogP contribution in [0.5, 0.6) is 0 Å². The number of H-pyrrole nitrogens is 1. The first-order valence-corrected chi connectivity index (χ1v) is 5.80. The highest BCUT2D eigenvalue weighted by molar-refractivity contribution is 5.30. The van der Waals surface area contributed by atoms with Gasteiger partial charge in [0, 0.05) is 33.4 Å². The number of anilines is 1. The van der Waals surface area contributed by atoms with E-state index in [9.17, 15) is 18.0 Å². The maximum atomic E-state index is 12.6. The van der Waals surface area contributed by atoms with E-state index in [0.717, 1.165) is 0 Å². The zero-order chi connectivity index (χ0) is 15.2. The minimum absolute atomic E-state index is 0.154. The van der Waals surface area contributed by atoms with Crippen LogP contribution in [-0.2, 0) is 15.7 Å². The van der Waals surface area contributed by atoms with Crippen molar-refractivity contribution in [3.8, 4) is 0 Å². The Balaban J connectivity index is 3.05. The summed E-state index contributed by atoms with van der Waals surface area (Å²) in [7, 11) is 2.94. The average molecular weight is 295 g/mol. The number of methoxy groups -OCH3 is 2. The molecule has 1 N–H and O–H groups in total. The van der Waals surface area contributed by atoms with Crippen LogP contribution in [0, 0.1) is 0 Å². The third-order valence-corrected chi connectivity index (χ3v) is 2.45. The van der Waals surface area contributed by atoms with Crippen molar-refractivity contribution in [2.24, 2.45) is 0 Å². The molecule has 0 unspecified atom stereocenters. The predicted octanol–water partition coefficient (Wildman–Crippen LogP) is 0.888. The Bertz CT molecular complexity index is 468. The van der Waals surface area contributed by atoms with Crippen LogP contribution in [0.3, 0.4) is 0 Å². The van der Waals surface area contributed by atoms with E-state index in [1.165, 1.54) is 19.1 Å². The molecule has 1 rings (SSSR count). The quantitative estimate of drug-likeness (QED) is 0.809. The van der Waals surface area contributed by atoms with Crippen LogP contribution >= 0.6 is 0 Å². The van der Waals surface area contributed by atoms with Crippen molar-refractivity contribution in [2.45, 2.75) is 6.18 Å². The summed E-state index contributed by atoms with van der Waals surface area (Å²) in [5.41, 5.74) is -2.08. The molecule has 0 fully saturated rings. The lowest BCUT2D eigenvalue weighted by molar-refractivity contribution is -0.141. The predicted molar refractivity (Wildman–Crippen MR) is 65.8 cm³/mol. The number of ether oxygens (including phenoxy) is 2. The van der Waals surface area contributed by atoms with Gasteiger partial charge in [-0.3, -0.25) is 9.78 Å². The number of aromatic amines is 1. The molecule has 0 aliphatic carbocycles. The van der Waals surface area contributed by atoms with E-state index in [2.05, 4.69) is 9.97 Å². The van der Waals surface area contributed by atoms with Crippen LogP contribution in [0.4, 0.5) is 19.1 Å². The van der Waals surface area contributed by atoms with Crippen LogP contribution < -0.4 is 10.5 Å². The second-order valence-corrected chi connectivity index (χ2v) is 3.92. The first-order valence-electron chi connectivity index (χ1n) is 5.80. The van der Waals surface area contributed by atoms with Crippen LogP contribution in [0.15, 0.2) is 10.9 Å². The second-order valence-electron chi connectivity index (χ2n) is 3.92. The Kier molecular flexibility index (Phi) is 5.96. The molecule has 6 nitrogen and oxygen atoms in total. The van der Waals surface area contributed by atoms with Gasteiger partial charge in [-0.15, -0.1) is 0 Å². The van der Waals surface area contributed by atoms with E-state index in [-0.39, 0.29) is 32.3 Å². The molecule has 0 aromatic carbocycles. The van der Waals surface area contributed by atoms with Crippen molar-refractivity contribution in [1.82, 2.24) is 9.97 Å². The lowest BCUT2D eigenvalue weighted by Gasteiger charge is -2.22. The number of rotatable bonds is 7. The Labute approximate surface area is 113 Å². The molecular formula is C11H16F3N3O3. The van der Waals surface area contributed by atoms with E-state index in [0.29, 0.717) is 6.07 Å². The van der Waals surface area contributed by atoms with Gasteiger partial charge in [0.1, 0.15) is 0 Å². The van der Waals surface area contributed by atoms with Crippen molar-refractivity contribution in [2.75, 3.05) is 45.4 Å². The molecule has 0 saturated carbocycles. The van der Waals surface area contributed by atoms with Crippen molar-refractivity contribution in [1.29, 1.82) is 0 Å². The molecule has 0 saturated heterocycles. The number of aromatic nitrogens is 2. The van der Waals surface area contributed by atoms with Gasteiger partial charge in [0.2, 0.25) is 5.95 Å². The molecule has 0 aliphatic heterocycles. The Morgan fingerprint density at radius 1 is 1.25 bits per heavy atom. The minimum atomic E-state index is -4.67. The monoisotopic (exact) mass is 295 g/mol. The molecule has 0 amide bonds. The standard InChI is InChI=1S/C11H16F3N3O3/c1-19-5-3-17(4-6-20-2)10-15-8(11(12,13)14)7-9(18)16-10/h7H,3-6H2,1-2H3,(H,15,16,18). The first-order chi connectivity index (χ1) is 9.38. The molecule has 0 bridgehead atoms. The van der Waals surface area contributed by atoms with Gasteiger partial charge in [0.15, 0.2) is 5.69 Å². The van der Waals surface area contributed by atoms with Crippen LogP contribution in [-0.4, -0.2) is 50.5 Å². The number of nitrogens with one attached hydrogen (secondary N) is 1. The summed E-state index contributed by atoms with van der Waals surface area (Å²) in [4.78, 5) is 18.5. The van der Waals surface area contributed by atoms with Crippen molar-refractivity contribution in [3.05, 3.63) is 22.1 Å². The van der Waals surface area contributed by atoms with Crippen molar-refractivity contribution in [3.63, 3.8) is 0 Å². The van der Waals surface area contributed by atoms with Crippen molar-refractivity contribution < 1.29 is 22.6 Å². The largest absolute Gasteiger partial charge is 0.433 e. The fourth-order valence-electron chi connectivity index (χ4n) is 1.47. The Hall–Kier alpha value is -1.61. The van der Waals surface area contributed by atoms with Crippen molar-refractivity contribution >= 4 is 5.95 Å². The number of halogens is 3. The summed E-state index contributed by atoms with van der Waals surface area (Å²) in [6.07, 6.45) is -4.67. The maximum Gasteiger partial charge on any atom is 0.433 e. The highest BCUT2D eigenvalue weighted by atomic mass is 19.4. The zero-order valence-electron chi connectivity index (χ0n) is 11.2. The number of alkyl halides is 3. The first kappa shape index (κ1) is 16.4. The van der Waals surface area contributed by atoms with E-state index >= 15 is 0 Å².